The first-order valence-corrected chi connectivity index (χ1v) is 10.8. The van der Waals surface area contributed by atoms with Gasteiger partial charge in [-0.25, -0.2) is 0 Å². The lowest BCUT2D eigenvalue weighted by atomic mass is 10.1. The molecule has 0 fully saturated rings. The number of amides is 1. The van der Waals surface area contributed by atoms with Crippen molar-refractivity contribution in [1.29, 1.82) is 5.26 Å². The summed E-state index contributed by atoms with van der Waals surface area (Å²) in [7, 11) is 0. The minimum atomic E-state index is -0.190. The summed E-state index contributed by atoms with van der Waals surface area (Å²) in [5.74, 6) is 0.440. The normalized spacial score (nSPS) is 10.4. The van der Waals surface area contributed by atoms with Crippen LogP contribution in [0.15, 0.2) is 52.9 Å². The van der Waals surface area contributed by atoms with Crippen molar-refractivity contribution >= 4 is 34.1 Å². The molecule has 1 aromatic heterocycles. The molecule has 142 valence electrons. The highest BCUT2D eigenvalue weighted by Crippen LogP contribution is 2.29. The fourth-order valence-electron chi connectivity index (χ4n) is 2.59. The maximum absolute atomic E-state index is 12.4. The Morgan fingerprint density at radius 1 is 1.18 bits per heavy atom. The van der Waals surface area contributed by atoms with Crippen LogP contribution < -0.4 is 5.32 Å². The van der Waals surface area contributed by atoms with Crippen molar-refractivity contribution in [3.63, 3.8) is 0 Å². The lowest BCUT2D eigenvalue weighted by molar-refractivity contribution is 0.102. The van der Waals surface area contributed by atoms with Crippen LogP contribution in [0, 0.1) is 11.3 Å². The first-order chi connectivity index (χ1) is 13.7. The second-order valence-corrected chi connectivity index (χ2v) is 8.39. The van der Waals surface area contributed by atoms with Crippen molar-refractivity contribution in [1.82, 2.24) is 10.2 Å². The number of nitrogens with one attached hydrogen (secondary N) is 1. The lowest BCUT2D eigenvalue weighted by Gasteiger charge is -2.03. The van der Waals surface area contributed by atoms with Crippen LogP contribution in [0.2, 0.25) is 0 Å². The van der Waals surface area contributed by atoms with Crippen molar-refractivity contribution in [2.75, 3.05) is 5.32 Å². The number of unbranched alkanes of at least 4 members (excludes halogenated alkanes) is 1. The van der Waals surface area contributed by atoms with E-state index in [1.165, 1.54) is 28.7 Å². The molecular weight excluding hydrogens is 388 g/mol. The standard InChI is InChI=1S/C21H20N4OS2/c1-2-3-6-15-9-11-16(12-10-15)19(26)23-20-24-25-21(28-20)27-14-18-8-5-4-7-17(18)13-22/h4-5,7-12H,2-3,6,14H2,1H3,(H,23,24,26). The van der Waals surface area contributed by atoms with Crippen LogP contribution >= 0.6 is 23.1 Å². The van der Waals surface area contributed by atoms with Crippen LogP contribution in [-0.4, -0.2) is 16.1 Å². The van der Waals surface area contributed by atoms with Crippen molar-refractivity contribution in [3.05, 3.63) is 70.8 Å². The summed E-state index contributed by atoms with van der Waals surface area (Å²) in [5.41, 5.74) is 3.47. The minimum absolute atomic E-state index is 0.190. The Hall–Kier alpha value is -2.69. The van der Waals surface area contributed by atoms with Crippen LogP contribution in [0.1, 0.15) is 46.8 Å². The zero-order chi connectivity index (χ0) is 19.8. The fraction of sp³-hybridized carbons (Fsp3) is 0.238. The fourth-order valence-corrected chi connectivity index (χ4v) is 4.34. The molecular formula is C21H20N4OS2. The van der Waals surface area contributed by atoms with Gasteiger partial charge in [0.2, 0.25) is 5.13 Å². The summed E-state index contributed by atoms with van der Waals surface area (Å²) in [6, 6.07) is 17.4. The van der Waals surface area contributed by atoms with Crippen LogP contribution in [-0.2, 0) is 12.2 Å². The molecule has 0 radical (unpaired) electrons. The number of thioether (sulfide) groups is 1. The molecule has 3 rings (SSSR count). The SMILES string of the molecule is CCCCc1ccc(C(=O)Nc2nnc(SCc3ccccc3C#N)s2)cc1. The predicted octanol–water partition coefficient (Wildman–Crippen LogP) is 5.30. The van der Waals surface area contributed by atoms with E-state index in [1.807, 2.05) is 42.5 Å². The van der Waals surface area contributed by atoms with Crippen LogP contribution in [0.25, 0.3) is 0 Å². The Morgan fingerprint density at radius 3 is 2.71 bits per heavy atom. The van der Waals surface area contributed by atoms with E-state index >= 15 is 0 Å². The highest BCUT2D eigenvalue weighted by atomic mass is 32.2. The second-order valence-electron chi connectivity index (χ2n) is 6.19. The number of hydrogen-bond acceptors (Lipinski definition) is 6. The molecule has 0 saturated carbocycles. The number of hydrogen-bond donors (Lipinski definition) is 1. The number of carbonyl (C=O) groups excluding carboxylic acids is 1. The zero-order valence-electron chi connectivity index (χ0n) is 15.5. The largest absolute Gasteiger partial charge is 0.296 e. The Balaban J connectivity index is 1.56. The van der Waals surface area contributed by atoms with E-state index < -0.39 is 0 Å². The van der Waals surface area contributed by atoms with E-state index in [1.54, 1.807) is 6.07 Å². The maximum atomic E-state index is 12.4. The molecule has 28 heavy (non-hydrogen) atoms. The van der Waals surface area contributed by atoms with Gasteiger partial charge in [-0.15, -0.1) is 10.2 Å². The van der Waals surface area contributed by atoms with Gasteiger partial charge in [0.05, 0.1) is 11.6 Å². The molecule has 0 unspecified atom stereocenters. The summed E-state index contributed by atoms with van der Waals surface area (Å²) in [4.78, 5) is 12.4. The number of rotatable bonds is 8. The summed E-state index contributed by atoms with van der Waals surface area (Å²) in [6.45, 7) is 2.17. The molecule has 3 aromatic rings. The van der Waals surface area contributed by atoms with Gasteiger partial charge in [-0.1, -0.05) is 66.8 Å². The summed E-state index contributed by atoms with van der Waals surface area (Å²) >= 11 is 2.83. The Bertz CT molecular complexity index is 977. The lowest BCUT2D eigenvalue weighted by Crippen LogP contribution is -2.11. The molecule has 0 aliphatic heterocycles. The van der Waals surface area contributed by atoms with E-state index in [4.69, 9.17) is 5.26 Å². The Labute approximate surface area is 172 Å². The molecule has 2 aromatic carbocycles. The Morgan fingerprint density at radius 2 is 1.96 bits per heavy atom. The monoisotopic (exact) mass is 408 g/mol. The van der Waals surface area contributed by atoms with Gasteiger partial charge in [0.1, 0.15) is 0 Å². The van der Waals surface area contributed by atoms with E-state index in [9.17, 15) is 4.79 Å². The van der Waals surface area contributed by atoms with E-state index in [0.29, 0.717) is 22.0 Å². The number of aryl methyl sites for hydroxylation is 1. The maximum Gasteiger partial charge on any atom is 0.257 e. The average molecular weight is 409 g/mol. The molecule has 0 bridgehead atoms. The molecule has 1 N–H and O–H groups in total. The molecule has 0 aliphatic carbocycles. The molecule has 0 spiro atoms. The molecule has 0 saturated heterocycles. The van der Waals surface area contributed by atoms with Gasteiger partial charge in [-0.3, -0.25) is 10.1 Å². The molecule has 7 heteroatoms. The number of carbonyl (C=O) groups is 1. The van der Waals surface area contributed by atoms with Gasteiger partial charge in [-0.05, 0) is 42.2 Å². The number of anilines is 1. The molecule has 5 nitrogen and oxygen atoms in total. The van der Waals surface area contributed by atoms with Gasteiger partial charge in [0.15, 0.2) is 4.34 Å². The summed E-state index contributed by atoms with van der Waals surface area (Å²) in [5, 5.41) is 20.6. The topological polar surface area (TPSA) is 78.7 Å². The third-order valence-corrected chi connectivity index (χ3v) is 6.17. The van der Waals surface area contributed by atoms with Gasteiger partial charge in [0.25, 0.3) is 5.91 Å². The number of aromatic nitrogens is 2. The molecule has 0 atom stereocenters. The van der Waals surface area contributed by atoms with E-state index in [-0.39, 0.29) is 5.91 Å². The minimum Gasteiger partial charge on any atom is -0.296 e. The molecule has 1 heterocycles. The molecule has 0 aliphatic rings. The van der Waals surface area contributed by atoms with Crippen molar-refractivity contribution in [3.8, 4) is 6.07 Å². The third-order valence-electron chi connectivity index (χ3n) is 4.15. The van der Waals surface area contributed by atoms with E-state index in [0.717, 1.165) is 29.2 Å². The van der Waals surface area contributed by atoms with Gasteiger partial charge >= 0.3 is 0 Å². The smallest absolute Gasteiger partial charge is 0.257 e. The van der Waals surface area contributed by atoms with Gasteiger partial charge < -0.3 is 0 Å². The predicted molar refractivity (Wildman–Crippen MR) is 114 cm³/mol. The second kappa shape index (κ2) is 10.0. The van der Waals surface area contributed by atoms with E-state index in [2.05, 4.69) is 28.5 Å². The first kappa shape index (κ1) is 20.1. The van der Waals surface area contributed by atoms with Crippen LogP contribution in [0.5, 0.6) is 0 Å². The van der Waals surface area contributed by atoms with Crippen molar-refractivity contribution in [2.24, 2.45) is 0 Å². The zero-order valence-corrected chi connectivity index (χ0v) is 17.1. The summed E-state index contributed by atoms with van der Waals surface area (Å²) in [6.07, 6.45) is 3.33. The highest BCUT2D eigenvalue weighted by molar-refractivity contribution is 8.00. The first-order valence-electron chi connectivity index (χ1n) is 9.04. The quantitative estimate of drug-likeness (QED) is 0.404. The van der Waals surface area contributed by atoms with Gasteiger partial charge in [-0.2, -0.15) is 5.26 Å². The van der Waals surface area contributed by atoms with Crippen molar-refractivity contribution in [2.45, 2.75) is 36.3 Å². The number of benzene rings is 2. The Kier molecular flexibility index (Phi) is 7.18. The number of nitriles is 1. The molecule has 1 amide bonds. The summed E-state index contributed by atoms with van der Waals surface area (Å²) < 4.78 is 0.748. The highest BCUT2D eigenvalue weighted by Gasteiger charge is 2.11. The third kappa shape index (κ3) is 5.41. The van der Waals surface area contributed by atoms with Crippen molar-refractivity contribution < 1.29 is 4.79 Å². The van der Waals surface area contributed by atoms with Crippen LogP contribution in [0.4, 0.5) is 5.13 Å². The van der Waals surface area contributed by atoms with Gasteiger partial charge in [0, 0.05) is 11.3 Å². The number of nitrogens with zero attached hydrogens (tertiary/aromatic N) is 3. The van der Waals surface area contributed by atoms with Crippen LogP contribution in [0.3, 0.4) is 0 Å². The average Bonchev–Trinajstić information content (AvgIpc) is 3.18.